The van der Waals surface area contributed by atoms with Crippen molar-refractivity contribution in [2.75, 3.05) is 18.9 Å². The molecule has 1 aliphatic heterocycles. The van der Waals surface area contributed by atoms with E-state index in [4.69, 9.17) is 25.2 Å². The number of aliphatic hydroxyl groups excluding tert-OH is 1. The second-order valence-corrected chi connectivity index (χ2v) is 11.3. The van der Waals surface area contributed by atoms with Gasteiger partial charge >= 0.3 is 23.5 Å². The Balaban J connectivity index is 1.80. The third-order valence-corrected chi connectivity index (χ3v) is 8.14. The van der Waals surface area contributed by atoms with Crippen molar-refractivity contribution in [2.45, 2.75) is 24.4 Å². The number of hydrogen-bond acceptors (Lipinski definition) is 12. The molecular weight excluding hydrogens is 522 g/mol. The van der Waals surface area contributed by atoms with Crippen LogP contribution in [0.25, 0.3) is 11.2 Å². The molecule has 8 N–H and O–H groups in total. The summed E-state index contributed by atoms with van der Waals surface area (Å²) >= 11 is 0. The Morgan fingerprint density at radius 2 is 1.94 bits per heavy atom. The van der Waals surface area contributed by atoms with Crippen LogP contribution in [0.2, 0.25) is 0 Å². The number of aromatic amines is 1. The van der Waals surface area contributed by atoms with Gasteiger partial charge in [-0.3, -0.25) is 18.9 Å². The van der Waals surface area contributed by atoms with Crippen molar-refractivity contribution in [2.24, 2.45) is 0 Å². The van der Waals surface area contributed by atoms with Gasteiger partial charge in [0.1, 0.15) is 24.6 Å². The van der Waals surface area contributed by atoms with Crippen LogP contribution in [0.1, 0.15) is 6.92 Å². The van der Waals surface area contributed by atoms with Crippen molar-refractivity contribution < 1.29 is 60.6 Å². The number of nitrogens with one attached hydrogen (secondary N) is 1. The van der Waals surface area contributed by atoms with Gasteiger partial charge in [-0.1, -0.05) is 0 Å². The van der Waals surface area contributed by atoms with Gasteiger partial charge in [-0.15, -0.1) is 0 Å². The minimum Gasteiger partial charge on any atom is -0.385 e. The fourth-order valence-corrected chi connectivity index (χ4v) is 6.04. The molecule has 5 atom stereocenters. The first-order valence-electron chi connectivity index (χ1n) is 8.40. The van der Waals surface area contributed by atoms with Gasteiger partial charge in [-0.05, 0) is 6.92 Å². The minimum absolute atomic E-state index is 0.310. The summed E-state index contributed by atoms with van der Waals surface area (Å²) in [5.74, 6) is -3.21. The molecule has 2 unspecified atom stereocenters. The molecule has 3 rings (SSSR count). The summed E-state index contributed by atoms with van der Waals surface area (Å²) in [6.07, 6.45) is -1.33. The summed E-state index contributed by atoms with van der Waals surface area (Å²) < 4.78 is 67.1. The maximum Gasteiger partial charge on any atom is 0.490 e. The van der Waals surface area contributed by atoms with E-state index in [1.165, 1.54) is 0 Å². The van der Waals surface area contributed by atoms with Crippen LogP contribution in [0.3, 0.4) is 0 Å². The Hall–Kier alpha value is -1.59. The number of H-pyrrole nitrogens is 1. The van der Waals surface area contributed by atoms with Crippen molar-refractivity contribution in [1.82, 2.24) is 19.5 Å². The number of rotatable bonds is 8. The zero-order valence-corrected chi connectivity index (χ0v) is 18.9. The fraction of sp³-hybridized carbons (Fsp3) is 0.545. The Labute approximate surface area is 181 Å². The number of aliphatic hydroxyl groups is 1. The first-order valence-corrected chi connectivity index (χ1v) is 12.9. The van der Waals surface area contributed by atoms with Crippen molar-refractivity contribution in [3.8, 4) is 0 Å². The van der Waals surface area contributed by atoms with E-state index in [0.29, 0.717) is 4.57 Å². The summed E-state index contributed by atoms with van der Waals surface area (Å²) in [5, 5.41) is 10.6. The van der Waals surface area contributed by atoms with Crippen LogP contribution in [-0.2, 0) is 37.4 Å². The number of aromatic nitrogens is 4. The second-order valence-electron chi connectivity index (χ2n) is 6.92. The lowest BCUT2D eigenvalue weighted by atomic mass is 9.96. The van der Waals surface area contributed by atoms with Gasteiger partial charge in [0, 0.05) is 0 Å². The summed E-state index contributed by atoms with van der Waals surface area (Å²) in [6.45, 7) is -0.992. The zero-order chi connectivity index (χ0) is 25.0. The predicted octanol–water partition coefficient (Wildman–Crippen LogP) is -1.18. The van der Waals surface area contributed by atoms with Crippen LogP contribution in [0.4, 0.5) is 10.3 Å². The van der Waals surface area contributed by atoms with Gasteiger partial charge < -0.3 is 35.2 Å². The van der Waals surface area contributed by atoms with Crippen LogP contribution in [0.15, 0.2) is 11.1 Å². The van der Waals surface area contributed by atoms with E-state index in [0.717, 1.165) is 13.3 Å². The molecule has 1 aliphatic rings. The van der Waals surface area contributed by atoms with Gasteiger partial charge in [-0.25, -0.2) is 23.1 Å². The highest BCUT2D eigenvalue weighted by molar-refractivity contribution is 7.66. The second kappa shape index (κ2) is 8.27. The van der Waals surface area contributed by atoms with Crippen LogP contribution in [0.5, 0.6) is 0 Å². The molecule has 2 aromatic heterocycles. The molecule has 0 spiro atoms. The topological polar surface area (TPSA) is 279 Å². The molecule has 0 aromatic carbocycles. The minimum atomic E-state index is -5.78. The first kappa shape index (κ1) is 26.0. The Bertz CT molecular complexity index is 1280. The number of hydrogen-bond donors (Lipinski definition) is 7. The number of fused-ring (bicyclic) bond motifs is 1. The molecule has 0 radical (unpaired) electrons. The number of nitrogen functional groups attached to an aromatic ring is 1. The number of ether oxygens (including phenoxy) is 1. The summed E-state index contributed by atoms with van der Waals surface area (Å²) in [5.41, 5.74) is 1.91. The van der Waals surface area contributed by atoms with Crippen molar-refractivity contribution in [3.05, 3.63) is 16.7 Å². The van der Waals surface area contributed by atoms with Gasteiger partial charge in [0.25, 0.3) is 5.56 Å². The molecule has 0 bridgehead atoms. The van der Waals surface area contributed by atoms with Crippen molar-refractivity contribution in [1.29, 1.82) is 0 Å². The molecule has 22 heteroatoms. The maximum atomic E-state index is 15.8. The lowest BCUT2D eigenvalue weighted by Crippen LogP contribution is -2.49. The van der Waals surface area contributed by atoms with E-state index in [1.54, 1.807) is 0 Å². The summed E-state index contributed by atoms with van der Waals surface area (Å²) in [6, 6.07) is 0. The van der Waals surface area contributed by atoms with E-state index in [2.05, 4.69) is 28.1 Å². The van der Waals surface area contributed by atoms with Crippen molar-refractivity contribution >= 4 is 40.6 Å². The van der Waals surface area contributed by atoms with Gasteiger partial charge in [-0.2, -0.15) is 13.6 Å². The number of nitrogens with two attached hydrogens (primary N) is 1. The highest BCUT2D eigenvalue weighted by Gasteiger charge is 2.59. The lowest BCUT2D eigenvalue weighted by Gasteiger charge is -2.31. The van der Waals surface area contributed by atoms with Crippen molar-refractivity contribution in [3.63, 3.8) is 0 Å². The molecule has 1 saturated heterocycles. The highest BCUT2D eigenvalue weighted by atomic mass is 31.3. The lowest BCUT2D eigenvalue weighted by molar-refractivity contribution is -0.0930. The Morgan fingerprint density at radius 3 is 2.55 bits per heavy atom. The maximum absolute atomic E-state index is 15.8. The highest BCUT2D eigenvalue weighted by Crippen LogP contribution is 2.66. The monoisotopic (exact) mass is 539 g/mol. The largest absolute Gasteiger partial charge is 0.490 e. The Morgan fingerprint density at radius 1 is 1.30 bits per heavy atom. The smallest absolute Gasteiger partial charge is 0.385 e. The molecule has 33 heavy (non-hydrogen) atoms. The summed E-state index contributed by atoms with van der Waals surface area (Å²) in [7, 11) is -16.9. The molecule has 0 amide bonds. The molecule has 2 aromatic rings. The van der Waals surface area contributed by atoms with E-state index >= 15 is 4.39 Å². The van der Waals surface area contributed by atoms with Gasteiger partial charge in [0.2, 0.25) is 11.7 Å². The molecule has 0 aliphatic carbocycles. The number of anilines is 1. The third-order valence-electron chi connectivity index (χ3n) is 4.36. The average molecular weight is 539 g/mol. The van der Waals surface area contributed by atoms with Crippen LogP contribution in [-0.4, -0.2) is 69.1 Å². The van der Waals surface area contributed by atoms with Crippen LogP contribution >= 0.6 is 23.5 Å². The number of phosphoric ester groups is 1. The standard InChI is InChI=1S/C11H17FN5O13P3/c1-10(2-28-32(23,24)30-33(25,26)29-31(20,21)22)8(19)11(12,3-27-10)17-4-14-5-6(17)15-9(13)16-7(5)18/h4,8,19H,2-3H2,1H3,(H,23,24)(H,25,26)(H2,20,21,22)(H3,13,15,16,18)/t8-,10-,11-/m1/s1. The molecule has 0 saturated carbocycles. The van der Waals surface area contributed by atoms with E-state index < -0.39 is 59.7 Å². The SMILES string of the molecule is C[C@]1(COP(=O)(O)OP(=O)(O)OP(=O)(O)O)OC[C@@](F)(n2cnc3c(=O)[nH]c(N)nc32)[C@@H]1O. The number of imidazole rings is 1. The number of nitrogens with zero attached hydrogens (tertiary/aromatic N) is 3. The zero-order valence-electron chi connectivity index (χ0n) is 16.2. The number of alkyl halides is 1. The predicted molar refractivity (Wildman–Crippen MR) is 102 cm³/mol. The third kappa shape index (κ3) is 5.40. The van der Waals surface area contributed by atoms with E-state index in [-0.39, 0.29) is 17.1 Å². The average Bonchev–Trinajstić information content (AvgIpc) is 3.14. The normalized spacial score (nSPS) is 29.7. The Kier molecular flexibility index (Phi) is 6.52. The molecule has 18 nitrogen and oxygen atoms in total. The van der Waals surface area contributed by atoms with E-state index in [1.807, 2.05) is 0 Å². The molecular formula is C11H17FN5O13P3. The molecule has 3 heterocycles. The fourth-order valence-electron chi connectivity index (χ4n) is 2.93. The van der Waals surface area contributed by atoms with Crippen LogP contribution in [0, 0.1) is 0 Å². The van der Waals surface area contributed by atoms with Gasteiger partial charge in [0.15, 0.2) is 11.2 Å². The molecule has 1 fully saturated rings. The molecule has 186 valence electrons. The number of phosphoric acid groups is 3. The van der Waals surface area contributed by atoms with Gasteiger partial charge in [0.05, 0.1) is 6.61 Å². The number of halogens is 1. The van der Waals surface area contributed by atoms with Crippen LogP contribution < -0.4 is 11.3 Å². The summed E-state index contributed by atoms with van der Waals surface area (Å²) in [4.78, 5) is 57.3. The quantitative estimate of drug-likeness (QED) is 0.194. The first-order chi connectivity index (χ1) is 14.9. The van der Waals surface area contributed by atoms with E-state index in [9.17, 15) is 28.5 Å².